The third kappa shape index (κ3) is 2.24. The van der Waals surface area contributed by atoms with Crippen LogP contribution in [0.25, 0.3) is 0 Å². The molecule has 1 saturated heterocycles. The summed E-state index contributed by atoms with van der Waals surface area (Å²) in [4.78, 5) is 10.4. The molecule has 4 heteroatoms. The molecule has 0 spiro atoms. The fraction of sp³-hybridized carbons (Fsp3) is 0.833. The van der Waals surface area contributed by atoms with Crippen molar-refractivity contribution in [1.82, 2.24) is 5.32 Å². The van der Waals surface area contributed by atoms with Crippen LogP contribution in [0.2, 0.25) is 0 Å². The Morgan fingerprint density at radius 2 is 2.30 bits per heavy atom. The van der Waals surface area contributed by atoms with Crippen LogP contribution in [-0.2, 0) is 4.74 Å². The molecule has 1 amide bonds. The molecule has 54 valence electrons. The van der Waals surface area contributed by atoms with Gasteiger partial charge in [0.25, 0.3) is 0 Å². The second kappa shape index (κ2) is 3.90. The number of hydrogen-bond donors (Lipinski definition) is 1. The number of hydrogen-bond acceptors (Lipinski definition) is 2. The number of cyclic esters (lactones) is 1. The summed E-state index contributed by atoms with van der Waals surface area (Å²) in [5, 5.41) is 2.69. The fourth-order valence-electron chi connectivity index (χ4n) is 0.759. The first-order valence-corrected chi connectivity index (χ1v) is 3.13. The van der Waals surface area contributed by atoms with Gasteiger partial charge in [-0.2, -0.15) is 0 Å². The van der Waals surface area contributed by atoms with E-state index in [0.717, 1.165) is 0 Å². The van der Waals surface area contributed by atoms with Crippen LogP contribution in [0.5, 0.6) is 0 Å². The molecule has 1 aliphatic rings. The Bertz CT molecular complexity index is 127. The molecular formula is C6H12LiNO2. The van der Waals surface area contributed by atoms with Gasteiger partial charge in [0.05, 0.1) is 6.04 Å². The Morgan fingerprint density at radius 3 is 2.50 bits per heavy atom. The molecule has 1 rings (SSSR count). The van der Waals surface area contributed by atoms with E-state index in [-0.39, 0.29) is 31.0 Å². The Labute approximate surface area is 72.7 Å². The van der Waals surface area contributed by atoms with Gasteiger partial charge in [0.1, 0.15) is 6.61 Å². The van der Waals surface area contributed by atoms with Crippen LogP contribution < -0.4 is 5.32 Å². The van der Waals surface area contributed by atoms with Gasteiger partial charge in [0, 0.05) is 0 Å². The van der Waals surface area contributed by atoms with Gasteiger partial charge in [-0.3, -0.25) is 0 Å². The molecule has 1 atom stereocenters. The van der Waals surface area contributed by atoms with E-state index in [1.165, 1.54) is 0 Å². The standard InChI is InChI=1S/C6H11NO2.Li.H/c1-4(2)5-3-9-6(8)7-5;;/h4-5H,3H2,1-2H3,(H,7,8);;/t5-;;/m1../s1. The number of rotatable bonds is 1. The molecule has 0 aromatic carbocycles. The Morgan fingerprint density at radius 1 is 1.70 bits per heavy atom. The summed E-state index contributed by atoms with van der Waals surface area (Å²) in [6, 6.07) is 0.220. The molecule has 1 aliphatic heterocycles. The summed E-state index contributed by atoms with van der Waals surface area (Å²) in [5.74, 6) is 0.469. The van der Waals surface area contributed by atoms with Crippen LogP contribution in [0.3, 0.4) is 0 Å². The third-order valence-electron chi connectivity index (χ3n) is 1.50. The molecule has 0 saturated carbocycles. The quantitative estimate of drug-likeness (QED) is 0.520. The van der Waals surface area contributed by atoms with E-state index in [1.807, 2.05) is 0 Å². The van der Waals surface area contributed by atoms with Crippen LogP contribution >= 0.6 is 0 Å². The summed E-state index contributed by atoms with van der Waals surface area (Å²) >= 11 is 0. The van der Waals surface area contributed by atoms with Crippen molar-refractivity contribution in [1.29, 1.82) is 0 Å². The molecule has 0 unspecified atom stereocenters. The predicted octanol–water partition coefficient (Wildman–Crippen LogP) is 0.102. The molecule has 0 aliphatic carbocycles. The normalized spacial score (nSPS) is 23.5. The first-order valence-electron chi connectivity index (χ1n) is 3.13. The second-order valence-corrected chi connectivity index (χ2v) is 2.59. The first-order chi connectivity index (χ1) is 4.20. The van der Waals surface area contributed by atoms with E-state index < -0.39 is 0 Å². The second-order valence-electron chi connectivity index (χ2n) is 2.59. The van der Waals surface area contributed by atoms with Crippen molar-refractivity contribution in [3.05, 3.63) is 0 Å². The maximum absolute atomic E-state index is 10.4. The van der Waals surface area contributed by atoms with Crippen molar-refractivity contribution in [2.24, 2.45) is 5.92 Å². The molecule has 0 bridgehead atoms. The SMILES string of the molecule is CC(C)[C@H]1COC(=O)N1.[LiH]. The zero-order valence-electron chi connectivity index (χ0n) is 5.68. The fourth-order valence-corrected chi connectivity index (χ4v) is 0.759. The molecule has 1 N–H and O–H groups in total. The van der Waals surface area contributed by atoms with Crippen molar-refractivity contribution in [3.63, 3.8) is 0 Å². The van der Waals surface area contributed by atoms with E-state index in [0.29, 0.717) is 12.5 Å². The van der Waals surface area contributed by atoms with Gasteiger partial charge in [0.15, 0.2) is 0 Å². The van der Waals surface area contributed by atoms with Gasteiger partial charge in [-0.15, -0.1) is 0 Å². The van der Waals surface area contributed by atoms with Crippen LogP contribution in [-0.4, -0.2) is 37.6 Å². The van der Waals surface area contributed by atoms with E-state index in [9.17, 15) is 4.79 Å². The van der Waals surface area contributed by atoms with Gasteiger partial charge in [-0.1, -0.05) is 13.8 Å². The minimum atomic E-state index is -0.284. The molecule has 10 heavy (non-hydrogen) atoms. The Balaban J connectivity index is 0.000000810. The van der Waals surface area contributed by atoms with Crippen molar-refractivity contribution in [3.8, 4) is 0 Å². The van der Waals surface area contributed by atoms with E-state index >= 15 is 0 Å². The molecule has 0 radical (unpaired) electrons. The number of ether oxygens (including phenoxy) is 1. The zero-order chi connectivity index (χ0) is 6.85. The number of nitrogens with one attached hydrogen (secondary N) is 1. The molecular weight excluding hydrogens is 125 g/mol. The van der Waals surface area contributed by atoms with Crippen molar-refractivity contribution < 1.29 is 9.53 Å². The molecule has 3 nitrogen and oxygen atoms in total. The van der Waals surface area contributed by atoms with Gasteiger partial charge in [-0.05, 0) is 5.92 Å². The average Bonchev–Trinajstić information content (AvgIpc) is 2.14. The van der Waals surface area contributed by atoms with Crippen LogP contribution in [0.4, 0.5) is 4.79 Å². The zero-order valence-corrected chi connectivity index (χ0v) is 5.68. The number of amides is 1. The van der Waals surface area contributed by atoms with E-state index in [4.69, 9.17) is 0 Å². The molecule has 0 aromatic heterocycles. The Hall–Kier alpha value is -0.133. The number of alkyl carbamates (subject to hydrolysis) is 1. The summed E-state index contributed by atoms with van der Waals surface area (Å²) in [6.07, 6.45) is -0.284. The van der Waals surface area contributed by atoms with Crippen molar-refractivity contribution in [2.45, 2.75) is 19.9 Å². The number of carbonyl (C=O) groups is 1. The minimum absolute atomic E-state index is 0. The maximum atomic E-state index is 10.4. The van der Waals surface area contributed by atoms with Crippen molar-refractivity contribution in [2.75, 3.05) is 6.61 Å². The van der Waals surface area contributed by atoms with Crippen molar-refractivity contribution >= 4 is 25.0 Å². The van der Waals surface area contributed by atoms with Crippen LogP contribution in [0.15, 0.2) is 0 Å². The summed E-state index contributed by atoms with van der Waals surface area (Å²) in [7, 11) is 0. The van der Waals surface area contributed by atoms with E-state index in [1.54, 1.807) is 0 Å². The van der Waals surface area contributed by atoms with E-state index in [2.05, 4.69) is 23.9 Å². The third-order valence-corrected chi connectivity index (χ3v) is 1.50. The molecule has 0 aromatic rings. The van der Waals surface area contributed by atoms with Gasteiger partial charge in [-0.25, -0.2) is 4.79 Å². The molecule has 1 heterocycles. The average molecular weight is 137 g/mol. The Kier molecular flexibility index (Phi) is 3.85. The van der Waals surface area contributed by atoms with Crippen LogP contribution in [0.1, 0.15) is 13.8 Å². The monoisotopic (exact) mass is 137 g/mol. The van der Waals surface area contributed by atoms with Gasteiger partial charge >= 0.3 is 25.0 Å². The van der Waals surface area contributed by atoms with Gasteiger partial charge in [0.2, 0.25) is 0 Å². The number of carbonyl (C=O) groups excluding carboxylic acids is 1. The summed E-state index contributed by atoms with van der Waals surface area (Å²) < 4.78 is 4.68. The van der Waals surface area contributed by atoms with Crippen LogP contribution in [0, 0.1) is 5.92 Å². The summed E-state index contributed by atoms with van der Waals surface area (Å²) in [6.45, 7) is 4.63. The summed E-state index contributed by atoms with van der Waals surface area (Å²) in [5.41, 5.74) is 0. The topological polar surface area (TPSA) is 38.3 Å². The molecule has 1 fully saturated rings. The first kappa shape index (κ1) is 9.87. The van der Waals surface area contributed by atoms with Gasteiger partial charge < -0.3 is 10.1 Å². The predicted molar refractivity (Wildman–Crippen MR) is 40.3 cm³/mol.